The summed E-state index contributed by atoms with van der Waals surface area (Å²) in [6, 6.07) is 71.4. The second-order valence-corrected chi connectivity index (χ2v) is 25.6. The molecule has 0 radical (unpaired) electrons. The second kappa shape index (κ2) is 34.0. The molecule has 0 bridgehead atoms. The third-order valence-corrected chi connectivity index (χ3v) is 18.7. The number of rotatable bonds is 35. The van der Waals surface area contributed by atoms with Gasteiger partial charge in [0.25, 0.3) is 0 Å². The molecular weight excluding hydrogens is 1030 g/mol. The quantitative estimate of drug-likeness (QED) is 0.0347. The topological polar surface area (TPSA) is 0 Å². The summed E-state index contributed by atoms with van der Waals surface area (Å²) in [5.74, 6) is 0. The first-order valence-electron chi connectivity index (χ1n) is 34.6. The summed E-state index contributed by atoms with van der Waals surface area (Å²) in [5, 5.41) is 2.68. The average Bonchev–Trinajstić information content (AvgIpc) is 1.49. The van der Waals surface area contributed by atoms with Crippen LogP contribution < -0.4 is 0 Å². The zero-order valence-electron chi connectivity index (χ0n) is 54.1. The molecule has 0 aliphatic rings. The van der Waals surface area contributed by atoms with Crippen molar-refractivity contribution in [3.63, 3.8) is 0 Å². The molecule has 9 aromatic carbocycles. The van der Waals surface area contributed by atoms with Crippen molar-refractivity contribution in [3.05, 3.63) is 215 Å². The van der Waals surface area contributed by atoms with Crippen LogP contribution in [-0.4, -0.2) is 0 Å². The van der Waals surface area contributed by atoms with Crippen molar-refractivity contribution in [1.29, 1.82) is 0 Å². The average molecular weight is 1140 g/mol. The van der Waals surface area contributed by atoms with Crippen molar-refractivity contribution in [3.8, 4) is 77.9 Å². The normalized spacial score (nSPS) is 11.5. The molecule has 0 aliphatic carbocycles. The Morgan fingerprint density at radius 2 is 0.547 bits per heavy atom. The summed E-state index contributed by atoms with van der Waals surface area (Å²) >= 11 is 0. The first-order valence-corrected chi connectivity index (χ1v) is 34.6. The van der Waals surface area contributed by atoms with Crippen molar-refractivity contribution in [2.45, 2.75) is 221 Å². The lowest BCUT2D eigenvalue weighted by atomic mass is 9.83. The molecule has 0 fully saturated rings. The maximum Gasteiger partial charge on any atom is -0.00991 e. The SMILES string of the molecule is CCCCCCCCc1cc(-c2cc(-c3cc(-c4ccccc4)cc(-c4ccccc4)c3)cc(-c3cc(CCCCCCCC)c(-c4cccc5c(-c6ccc(C)cc6)cccc45)cc3CCCCCCCC)c2)c(CCCCCCCC)cc1C. The van der Waals surface area contributed by atoms with Crippen LogP contribution in [0, 0.1) is 13.8 Å². The molecule has 0 heteroatoms. The van der Waals surface area contributed by atoms with Crippen molar-refractivity contribution in [1.82, 2.24) is 0 Å². The largest absolute Gasteiger partial charge is 0.0654 e. The molecule has 0 saturated carbocycles. The van der Waals surface area contributed by atoms with Crippen LogP contribution in [0.1, 0.15) is 215 Å². The van der Waals surface area contributed by atoms with Crippen LogP contribution in [0.2, 0.25) is 0 Å². The van der Waals surface area contributed by atoms with E-state index in [1.807, 2.05) is 0 Å². The van der Waals surface area contributed by atoms with E-state index in [1.165, 1.54) is 276 Å². The van der Waals surface area contributed by atoms with E-state index in [0.29, 0.717) is 0 Å². The van der Waals surface area contributed by atoms with Crippen LogP contribution >= 0.6 is 0 Å². The monoisotopic (exact) mass is 1140 g/mol. The highest BCUT2D eigenvalue weighted by atomic mass is 14.2. The van der Waals surface area contributed by atoms with Gasteiger partial charge in [-0.15, -0.1) is 0 Å². The Morgan fingerprint density at radius 3 is 1.01 bits per heavy atom. The molecule has 0 aliphatic heterocycles. The Morgan fingerprint density at radius 1 is 0.209 bits per heavy atom. The van der Waals surface area contributed by atoms with Gasteiger partial charge in [0.1, 0.15) is 0 Å². The molecule has 86 heavy (non-hydrogen) atoms. The fourth-order valence-electron chi connectivity index (χ4n) is 13.6. The van der Waals surface area contributed by atoms with E-state index in [-0.39, 0.29) is 0 Å². The predicted octanol–water partition coefficient (Wildman–Crippen LogP) is 26.7. The minimum Gasteiger partial charge on any atom is -0.0654 e. The molecule has 0 saturated heterocycles. The van der Waals surface area contributed by atoms with Gasteiger partial charge in [0, 0.05) is 0 Å². The first kappa shape index (κ1) is 63.7. The van der Waals surface area contributed by atoms with E-state index >= 15 is 0 Å². The summed E-state index contributed by atoms with van der Waals surface area (Å²) in [7, 11) is 0. The minimum atomic E-state index is 1.06. The van der Waals surface area contributed by atoms with Gasteiger partial charge in [-0.25, -0.2) is 0 Å². The highest BCUT2D eigenvalue weighted by molar-refractivity contribution is 6.05. The van der Waals surface area contributed by atoms with Crippen LogP contribution in [0.25, 0.3) is 88.7 Å². The van der Waals surface area contributed by atoms with Crippen molar-refractivity contribution < 1.29 is 0 Å². The molecule has 9 rings (SSSR count). The molecule has 0 atom stereocenters. The Balaban J connectivity index is 1.28. The van der Waals surface area contributed by atoms with E-state index < -0.39 is 0 Å². The number of aryl methyl sites for hydroxylation is 6. The van der Waals surface area contributed by atoms with Gasteiger partial charge < -0.3 is 0 Å². The van der Waals surface area contributed by atoms with Gasteiger partial charge in [0.2, 0.25) is 0 Å². The maximum atomic E-state index is 2.71. The summed E-state index contributed by atoms with van der Waals surface area (Å²) in [4.78, 5) is 0. The van der Waals surface area contributed by atoms with Gasteiger partial charge in [-0.3, -0.25) is 0 Å². The zero-order valence-corrected chi connectivity index (χ0v) is 54.1. The molecular formula is C86H104. The Labute approximate surface area is 522 Å². The number of hydrogen-bond donors (Lipinski definition) is 0. The molecule has 0 spiro atoms. The van der Waals surface area contributed by atoms with Gasteiger partial charge in [-0.05, 0) is 218 Å². The maximum absolute atomic E-state index is 2.71. The highest BCUT2D eigenvalue weighted by Crippen LogP contribution is 2.44. The van der Waals surface area contributed by atoms with E-state index in [0.717, 1.165) is 25.7 Å². The molecule has 0 unspecified atom stereocenters. The van der Waals surface area contributed by atoms with Crippen molar-refractivity contribution in [2.24, 2.45) is 0 Å². The molecule has 0 N–H and O–H groups in total. The second-order valence-electron chi connectivity index (χ2n) is 25.6. The van der Waals surface area contributed by atoms with E-state index in [1.54, 1.807) is 0 Å². The predicted molar refractivity (Wildman–Crippen MR) is 380 cm³/mol. The summed E-state index contributed by atoms with van der Waals surface area (Å²) < 4.78 is 0. The lowest BCUT2D eigenvalue weighted by Gasteiger charge is -2.22. The van der Waals surface area contributed by atoms with Crippen LogP contribution in [0.15, 0.2) is 182 Å². The fraction of sp³-hybridized carbons (Fsp3) is 0.395. The number of benzene rings is 9. The third-order valence-electron chi connectivity index (χ3n) is 18.7. The number of fused-ring (bicyclic) bond motifs is 1. The lowest BCUT2D eigenvalue weighted by molar-refractivity contribution is 0.605. The molecule has 0 nitrogen and oxygen atoms in total. The van der Waals surface area contributed by atoms with E-state index in [2.05, 4.69) is 224 Å². The third kappa shape index (κ3) is 17.7. The van der Waals surface area contributed by atoms with E-state index in [4.69, 9.17) is 0 Å². The standard InChI is InChI=1S/C86H104/c1-7-11-15-19-23-29-43-70-62-84(71(55-66(70)6)44-30-24-20-16-12-8-2)78-59-77(76-57-74(67-39-33-27-34-40-67)56-75(58-76)68-41-35-28-36-42-68)60-79(61-78)85-63-73(46-32-26-22-18-14-10-4)86(64-72(85)45-31-25-21-17-13-9-3)83-50-38-48-81-80(47-37-49-82(81)83)69-53-51-65(5)52-54-69/h27-28,33-42,47-64H,7-26,29-32,43-46H2,1-6H3. The van der Waals surface area contributed by atoms with Gasteiger partial charge in [-0.2, -0.15) is 0 Å². The summed E-state index contributed by atoms with van der Waals surface area (Å²) in [6.07, 6.45) is 35.4. The van der Waals surface area contributed by atoms with Gasteiger partial charge in [-0.1, -0.05) is 307 Å². The Kier molecular flexibility index (Phi) is 25.2. The van der Waals surface area contributed by atoms with Crippen LogP contribution in [0.4, 0.5) is 0 Å². The fourth-order valence-corrected chi connectivity index (χ4v) is 13.6. The van der Waals surface area contributed by atoms with Crippen molar-refractivity contribution in [2.75, 3.05) is 0 Å². The van der Waals surface area contributed by atoms with E-state index in [9.17, 15) is 0 Å². The van der Waals surface area contributed by atoms with Gasteiger partial charge in [0.15, 0.2) is 0 Å². The molecule has 0 heterocycles. The molecule has 0 amide bonds. The zero-order chi connectivity index (χ0) is 59.7. The summed E-state index contributed by atoms with van der Waals surface area (Å²) in [6.45, 7) is 13.9. The number of unbranched alkanes of at least 4 members (excludes halogenated alkanes) is 20. The highest BCUT2D eigenvalue weighted by Gasteiger charge is 2.20. The molecule has 448 valence electrons. The lowest BCUT2D eigenvalue weighted by Crippen LogP contribution is -2.01. The van der Waals surface area contributed by atoms with Crippen LogP contribution in [0.3, 0.4) is 0 Å². The Bertz CT molecular complexity index is 3420. The Hall–Kier alpha value is -6.76. The molecule has 0 aromatic heterocycles. The van der Waals surface area contributed by atoms with Crippen LogP contribution in [0.5, 0.6) is 0 Å². The first-order chi connectivity index (χ1) is 42.3. The van der Waals surface area contributed by atoms with Gasteiger partial charge in [0.05, 0.1) is 0 Å². The minimum absolute atomic E-state index is 1.06. The van der Waals surface area contributed by atoms with Crippen molar-refractivity contribution >= 4 is 10.8 Å². The van der Waals surface area contributed by atoms with Crippen LogP contribution in [-0.2, 0) is 25.7 Å². The van der Waals surface area contributed by atoms with Gasteiger partial charge >= 0.3 is 0 Å². The summed E-state index contributed by atoms with van der Waals surface area (Å²) in [5.41, 5.74) is 27.3. The molecule has 9 aromatic rings. The smallest absolute Gasteiger partial charge is 0.00991 e. The number of hydrogen-bond acceptors (Lipinski definition) is 0.